The summed E-state index contributed by atoms with van der Waals surface area (Å²) in [6, 6.07) is -0.875. The Morgan fingerprint density at radius 2 is 1.92 bits per heavy atom. The fourth-order valence-electron chi connectivity index (χ4n) is 1.06. The Kier molecular flexibility index (Phi) is 2.76. The lowest BCUT2D eigenvalue weighted by atomic mass is 10.1. The van der Waals surface area contributed by atoms with E-state index in [0.29, 0.717) is 4.31 Å². The van der Waals surface area contributed by atoms with Gasteiger partial charge in [-0.05, 0) is 0 Å². The van der Waals surface area contributed by atoms with E-state index in [9.17, 15) is 13.2 Å². The molecule has 0 saturated carbocycles. The third-order valence-electron chi connectivity index (χ3n) is 1.63. The summed E-state index contributed by atoms with van der Waals surface area (Å²) in [5, 5.41) is 0. The molecule has 8 heteroatoms. The van der Waals surface area contributed by atoms with Crippen LogP contribution >= 0.6 is 34.8 Å². The van der Waals surface area contributed by atoms with Crippen LogP contribution in [-0.2, 0) is 14.8 Å². The number of amides is 1. The lowest BCUT2D eigenvalue weighted by Gasteiger charge is -2.41. The number of rotatable bonds is 1. The molecule has 1 aliphatic rings. The minimum absolute atomic E-state index is 0.0520. The molecule has 0 spiro atoms. The Hall–Kier alpha value is 0.290. The van der Waals surface area contributed by atoms with Gasteiger partial charge in [0.05, 0.1) is 12.7 Å². The van der Waals surface area contributed by atoms with E-state index < -0.39 is 25.8 Å². The summed E-state index contributed by atoms with van der Waals surface area (Å²) in [4.78, 5) is 10.9. The van der Waals surface area contributed by atoms with Gasteiger partial charge in [0.2, 0.25) is 19.7 Å². The Morgan fingerprint density at radius 3 is 2.08 bits per heavy atom. The smallest absolute Gasteiger partial charge is 0.238 e. The van der Waals surface area contributed by atoms with Crippen LogP contribution in [0.15, 0.2) is 0 Å². The molecular weight excluding hydrogens is 260 g/mol. The second-order valence-electron chi connectivity index (χ2n) is 2.71. The third-order valence-corrected chi connectivity index (χ3v) is 3.56. The van der Waals surface area contributed by atoms with Crippen molar-refractivity contribution in [2.75, 3.05) is 6.26 Å². The average molecular weight is 267 g/mol. The highest BCUT2D eigenvalue weighted by Crippen LogP contribution is 2.41. The van der Waals surface area contributed by atoms with Crippen LogP contribution in [0.5, 0.6) is 0 Å². The molecule has 0 aliphatic carbocycles. The molecule has 76 valence electrons. The third kappa shape index (κ3) is 2.21. The van der Waals surface area contributed by atoms with Crippen molar-refractivity contribution in [3.8, 4) is 0 Å². The average Bonchev–Trinajstić information content (AvgIpc) is 1.75. The van der Waals surface area contributed by atoms with Gasteiger partial charge in [0, 0.05) is 0 Å². The Bertz CT molecular complexity index is 333. The molecule has 1 atom stereocenters. The van der Waals surface area contributed by atoms with Crippen molar-refractivity contribution < 1.29 is 13.2 Å². The van der Waals surface area contributed by atoms with E-state index >= 15 is 0 Å². The number of hydrogen-bond acceptors (Lipinski definition) is 3. The molecule has 0 aromatic carbocycles. The molecule has 1 amide bonds. The van der Waals surface area contributed by atoms with Gasteiger partial charge in [-0.2, -0.15) is 0 Å². The van der Waals surface area contributed by atoms with E-state index in [4.69, 9.17) is 34.8 Å². The Labute approximate surface area is 90.8 Å². The van der Waals surface area contributed by atoms with Crippen molar-refractivity contribution in [2.45, 2.75) is 16.3 Å². The van der Waals surface area contributed by atoms with E-state index in [2.05, 4.69) is 0 Å². The van der Waals surface area contributed by atoms with Crippen LogP contribution in [0.1, 0.15) is 6.42 Å². The second-order valence-corrected chi connectivity index (χ2v) is 6.94. The molecule has 4 nitrogen and oxygen atoms in total. The lowest BCUT2D eigenvalue weighted by Crippen LogP contribution is -2.60. The van der Waals surface area contributed by atoms with Gasteiger partial charge in [-0.3, -0.25) is 4.79 Å². The summed E-state index contributed by atoms with van der Waals surface area (Å²) >= 11 is 16.4. The zero-order valence-electron chi connectivity index (χ0n) is 6.50. The van der Waals surface area contributed by atoms with E-state index in [1.165, 1.54) is 0 Å². The summed E-state index contributed by atoms with van der Waals surface area (Å²) < 4.78 is 20.9. The number of alkyl halides is 3. The Morgan fingerprint density at radius 1 is 1.46 bits per heavy atom. The standard InChI is InChI=1S/C5H6Cl3NO3S/c1-13(11,12)9-3(2-4(9)10)5(6,7)8/h3H,2H2,1H3. The molecule has 13 heavy (non-hydrogen) atoms. The summed E-state index contributed by atoms with van der Waals surface area (Å²) in [6.07, 6.45) is 0.844. The van der Waals surface area contributed by atoms with Gasteiger partial charge in [0.1, 0.15) is 6.04 Å². The summed E-state index contributed by atoms with van der Waals surface area (Å²) in [5.74, 6) is -0.543. The van der Waals surface area contributed by atoms with Gasteiger partial charge in [0.25, 0.3) is 0 Å². The van der Waals surface area contributed by atoms with Crippen LogP contribution in [0.25, 0.3) is 0 Å². The van der Waals surface area contributed by atoms with Crippen LogP contribution in [0, 0.1) is 0 Å². The quantitative estimate of drug-likeness (QED) is 0.524. The van der Waals surface area contributed by atoms with E-state index in [-0.39, 0.29) is 6.42 Å². The number of carbonyl (C=O) groups is 1. The van der Waals surface area contributed by atoms with Crippen molar-refractivity contribution in [3.63, 3.8) is 0 Å². The van der Waals surface area contributed by atoms with E-state index in [0.717, 1.165) is 6.26 Å². The normalized spacial score (nSPS) is 24.5. The summed E-state index contributed by atoms with van der Waals surface area (Å²) in [7, 11) is -3.62. The van der Waals surface area contributed by atoms with Gasteiger partial charge >= 0.3 is 0 Å². The molecule has 1 fully saturated rings. The maximum atomic E-state index is 11.0. The van der Waals surface area contributed by atoms with E-state index in [1.54, 1.807) is 0 Å². The zero-order chi connectivity index (χ0) is 10.4. The molecule has 0 aromatic rings. The molecule has 0 aromatic heterocycles. The van der Waals surface area contributed by atoms with Crippen LogP contribution in [-0.4, -0.2) is 34.7 Å². The van der Waals surface area contributed by atoms with Crippen LogP contribution in [0.4, 0.5) is 0 Å². The zero-order valence-corrected chi connectivity index (χ0v) is 9.58. The lowest BCUT2D eigenvalue weighted by molar-refractivity contribution is -0.137. The molecule has 1 heterocycles. The molecule has 1 rings (SSSR count). The SMILES string of the molecule is CS(=O)(=O)N1C(=O)CC1C(Cl)(Cl)Cl. The van der Waals surface area contributed by atoms with Crippen molar-refractivity contribution in [2.24, 2.45) is 0 Å². The first-order valence-corrected chi connectivity index (χ1v) is 6.21. The summed E-state index contributed by atoms with van der Waals surface area (Å²) in [6.45, 7) is 0. The minimum Gasteiger partial charge on any atom is -0.274 e. The number of β-lactam (4-membered cyclic amide) rings is 1. The monoisotopic (exact) mass is 265 g/mol. The number of nitrogens with zero attached hydrogens (tertiary/aromatic N) is 1. The highest BCUT2D eigenvalue weighted by molar-refractivity contribution is 7.89. The molecule has 1 aliphatic heterocycles. The van der Waals surface area contributed by atoms with Crippen LogP contribution in [0.2, 0.25) is 0 Å². The van der Waals surface area contributed by atoms with Crippen molar-refractivity contribution in [3.05, 3.63) is 0 Å². The fourth-order valence-corrected chi connectivity index (χ4v) is 2.90. The highest BCUT2D eigenvalue weighted by atomic mass is 35.6. The van der Waals surface area contributed by atoms with Crippen molar-refractivity contribution in [1.82, 2.24) is 4.31 Å². The predicted molar refractivity (Wildman–Crippen MR) is 50.4 cm³/mol. The Balaban J connectivity index is 2.92. The molecule has 0 radical (unpaired) electrons. The summed E-state index contributed by atoms with van der Waals surface area (Å²) in [5.41, 5.74) is 0. The van der Waals surface area contributed by atoms with Crippen LogP contribution in [0.3, 0.4) is 0 Å². The predicted octanol–water partition coefficient (Wildman–Crippen LogP) is 0.917. The van der Waals surface area contributed by atoms with Gasteiger partial charge < -0.3 is 0 Å². The number of hydrogen-bond donors (Lipinski definition) is 0. The molecule has 0 bridgehead atoms. The van der Waals surface area contributed by atoms with Crippen LogP contribution < -0.4 is 0 Å². The molecule has 1 saturated heterocycles. The van der Waals surface area contributed by atoms with Gasteiger partial charge in [-0.25, -0.2) is 12.7 Å². The van der Waals surface area contributed by atoms with Crippen molar-refractivity contribution >= 4 is 50.7 Å². The number of halogens is 3. The number of carbonyl (C=O) groups excluding carboxylic acids is 1. The van der Waals surface area contributed by atoms with Gasteiger partial charge in [-0.1, -0.05) is 34.8 Å². The first-order chi connectivity index (χ1) is 5.64. The van der Waals surface area contributed by atoms with Crippen molar-refractivity contribution in [1.29, 1.82) is 0 Å². The number of sulfonamides is 1. The second kappa shape index (κ2) is 3.15. The fraction of sp³-hybridized carbons (Fsp3) is 0.800. The maximum Gasteiger partial charge on any atom is 0.238 e. The minimum atomic E-state index is -3.62. The molecule has 1 unspecified atom stereocenters. The largest absolute Gasteiger partial charge is 0.274 e. The van der Waals surface area contributed by atoms with Gasteiger partial charge in [-0.15, -0.1) is 0 Å². The highest BCUT2D eigenvalue weighted by Gasteiger charge is 2.52. The first kappa shape index (κ1) is 11.4. The maximum absolute atomic E-state index is 11.0. The van der Waals surface area contributed by atoms with Gasteiger partial charge in [0.15, 0.2) is 0 Å². The van der Waals surface area contributed by atoms with E-state index in [1.807, 2.05) is 0 Å². The topological polar surface area (TPSA) is 54.5 Å². The molecular formula is C5H6Cl3NO3S. The first-order valence-electron chi connectivity index (χ1n) is 3.23. The molecule has 0 N–H and O–H groups in total.